The second-order valence-electron chi connectivity index (χ2n) is 5.25. The Morgan fingerprint density at radius 3 is 2.44 bits per heavy atom. The summed E-state index contributed by atoms with van der Waals surface area (Å²) < 4.78 is 0. The topological polar surface area (TPSA) is 26.7 Å². The van der Waals surface area contributed by atoms with Gasteiger partial charge >= 0.3 is 0 Å². The first-order valence-electron chi connectivity index (χ1n) is 6.71. The second-order valence-corrected chi connectivity index (χ2v) is 5.25. The molecule has 0 saturated carbocycles. The molecule has 1 fully saturated rings. The summed E-state index contributed by atoms with van der Waals surface area (Å²) in [5, 5.41) is 10.1. The highest BCUT2D eigenvalue weighted by molar-refractivity contribution is 4.86. The largest absolute Gasteiger partial charge is 0.389 e. The Morgan fingerprint density at radius 1 is 1.31 bits per heavy atom. The van der Waals surface area contributed by atoms with Crippen molar-refractivity contribution in [2.24, 2.45) is 0 Å². The van der Waals surface area contributed by atoms with E-state index in [0.29, 0.717) is 6.04 Å². The van der Waals surface area contributed by atoms with Gasteiger partial charge in [0.1, 0.15) is 0 Å². The fourth-order valence-electron chi connectivity index (χ4n) is 2.59. The number of rotatable bonds is 6. The van der Waals surface area contributed by atoms with E-state index in [-0.39, 0.29) is 0 Å². The zero-order valence-electron chi connectivity index (χ0n) is 11.4. The predicted molar refractivity (Wildman–Crippen MR) is 68.7 cm³/mol. The van der Waals surface area contributed by atoms with Crippen LogP contribution >= 0.6 is 0 Å². The van der Waals surface area contributed by atoms with Crippen LogP contribution in [0, 0.1) is 0 Å². The standard InChI is InChI=1S/C13H28N2O/c1-5-13(4,16)11-14-9-8-12(10-14)15(6-2)7-3/h12,16H,5-11H2,1-4H3. The molecule has 1 heterocycles. The van der Waals surface area contributed by atoms with Crippen LogP contribution in [0.1, 0.15) is 40.5 Å². The molecule has 0 aromatic heterocycles. The summed E-state index contributed by atoms with van der Waals surface area (Å²) >= 11 is 0. The summed E-state index contributed by atoms with van der Waals surface area (Å²) in [5.74, 6) is 0. The molecular formula is C13H28N2O. The fourth-order valence-corrected chi connectivity index (χ4v) is 2.59. The van der Waals surface area contributed by atoms with Crippen LogP contribution < -0.4 is 0 Å². The monoisotopic (exact) mass is 228 g/mol. The first-order valence-corrected chi connectivity index (χ1v) is 6.71. The van der Waals surface area contributed by atoms with Gasteiger partial charge in [-0.3, -0.25) is 9.80 Å². The summed E-state index contributed by atoms with van der Waals surface area (Å²) in [4.78, 5) is 4.94. The molecule has 0 aromatic carbocycles. The van der Waals surface area contributed by atoms with E-state index >= 15 is 0 Å². The molecule has 1 N–H and O–H groups in total. The molecule has 1 aliphatic heterocycles. The van der Waals surface area contributed by atoms with Gasteiger partial charge in [0, 0.05) is 19.1 Å². The lowest BCUT2D eigenvalue weighted by Crippen LogP contribution is -2.42. The van der Waals surface area contributed by atoms with Crippen molar-refractivity contribution in [2.75, 3.05) is 32.7 Å². The molecular weight excluding hydrogens is 200 g/mol. The van der Waals surface area contributed by atoms with Crippen LogP contribution in [0.25, 0.3) is 0 Å². The maximum Gasteiger partial charge on any atom is 0.0743 e. The van der Waals surface area contributed by atoms with Crippen molar-refractivity contribution in [1.82, 2.24) is 9.80 Å². The van der Waals surface area contributed by atoms with Gasteiger partial charge in [-0.05, 0) is 39.4 Å². The molecule has 2 atom stereocenters. The number of hydrogen-bond acceptors (Lipinski definition) is 3. The Hall–Kier alpha value is -0.120. The van der Waals surface area contributed by atoms with Gasteiger partial charge in [0.2, 0.25) is 0 Å². The van der Waals surface area contributed by atoms with Crippen LogP contribution in [-0.4, -0.2) is 59.3 Å². The minimum atomic E-state index is -0.516. The summed E-state index contributed by atoms with van der Waals surface area (Å²) in [7, 11) is 0. The number of hydrogen-bond donors (Lipinski definition) is 1. The molecule has 96 valence electrons. The maximum atomic E-state index is 10.1. The van der Waals surface area contributed by atoms with Gasteiger partial charge in [0.15, 0.2) is 0 Å². The average Bonchev–Trinajstić information content (AvgIpc) is 2.68. The molecule has 16 heavy (non-hydrogen) atoms. The lowest BCUT2D eigenvalue weighted by molar-refractivity contribution is 0.0211. The smallest absolute Gasteiger partial charge is 0.0743 e. The van der Waals surface area contributed by atoms with Crippen molar-refractivity contribution in [2.45, 2.75) is 52.2 Å². The van der Waals surface area contributed by atoms with Crippen LogP contribution in [0.3, 0.4) is 0 Å². The molecule has 0 radical (unpaired) electrons. The first-order chi connectivity index (χ1) is 7.52. The molecule has 0 aliphatic carbocycles. The third kappa shape index (κ3) is 3.72. The zero-order valence-corrected chi connectivity index (χ0v) is 11.4. The van der Waals surface area contributed by atoms with Gasteiger partial charge in [-0.25, -0.2) is 0 Å². The number of likely N-dealkylation sites (N-methyl/N-ethyl adjacent to an activating group) is 1. The maximum absolute atomic E-state index is 10.1. The molecule has 1 aliphatic rings. The van der Waals surface area contributed by atoms with Gasteiger partial charge in [0.25, 0.3) is 0 Å². The summed E-state index contributed by atoms with van der Waals surface area (Å²) in [6.45, 7) is 13.8. The van der Waals surface area contributed by atoms with Crippen molar-refractivity contribution in [3.05, 3.63) is 0 Å². The highest BCUT2D eigenvalue weighted by atomic mass is 16.3. The molecule has 1 rings (SSSR count). The molecule has 0 amide bonds. The molecule has 0 spiro atoms. The Bertz CT molecular complexity index is 202. The first kappa shape index (κ1) is 13.9. The van der Waals surface area contributed by atoms with Crippen molar-refractivity contribution in [3.8, 4) is 0 Å². The van der Waals surface area contributed by atoms with E-state index in [4.69, 9.17) is 0 Å². The minimum Gasteiger partial charge on any atom is -0.389 e. The molecule has 0 bridgehead atoms. The normalized spacial score (nSPS) is 26.2. The van der Waals surface area contributed by atoms with E-state index in [9.17, 15) is 5.11 Å². The van der Waals surface area contributed by atoms with Crippen molar-refractivity contribution >= 4 is 0 Å². The summed E-state index contributed by atoms with van der Waals surface area (Å²) in [5.41, 5.74) is -0.516. The fraction of sp³-hybridized carbons (Fsp3) is 1.00. The lowest BCUT2D eigenvalue weighted by atomic mass is 10.0. The van der Waals surface area contributed by atoms with Gasteiger partial charge in [0.05, 0.1) is 5.60 Å². The van der Waals surface area contributed by atoms with Gasteiger partial charge in [-0.15, -0.1) is 0 Å². The van der Waals surface area contributed by atoms with Crippen LogP contribution in [0.5, 0.6) is 0 Å². The van der Waals surface area contributed by atoms with Gasteiger partial charge < -0.3 is 5.11 Å². The number of likely N-dealkylation sites (tertiary alicyclic amines) is 1. The molecule has 3 nitrogen and oxygen atoms in total. The molecule has 2 unspecified atom stereocenters. The Morgan fingerprint density at radius 2 is 1.94 bits per heavy atom. The van der Waals surface area contributed by atoms with Crippen LogP contribution in [0.4, 0.5) is 0 Å². The average molecular weight is 228 g/mol. The van der Waals surface area contributed by atoms with E-state index in [2.05, 4.69) is 30.6 Å². The minimum absolute atomic E-state index is 0.516. The third-order valence-electron chi connectivity index (χ3n) is 3.90. The second kappa shape index (κ2) is 5.99. The quantitative estimate of drug-likeness (QED) is 0.747. The number of aliphatic hydroxyl groups is 1. The Kier molecular flexibility index (Phi) is 5.22. The van der Waals surface area contributed by atoms with Crippen molar-refractivity contribution in [1.29, 1.82) is 0 Å². The zero-order chi connectivity index (χ0) is 12.2. The Labute approximate surface area is 100 Å². The van der Waals surface area contributed by atoms with E-state index in [0.717, 1.165) is 39.1 Å². The lowest BCUT2D eigenvalue weighted by Gasteiger charge is -2.29. The van der Waals surface area contributed by atoms with Crippen LogP contribution in [-0.2, 0) is 0 Å². The van der Waals surface area contributed by atoms with Crippen molar-refractivity contribution in [3.63, 3.8) is 0 Å². The highest BCUT2D eigenvalue weighted by Crippen LogP contribution is 2.19. The van der Waals surface area contributed by atoms with Gasteiger partial charge in [-0.2, -0.15) is 0 Å². The van der Waals surface area contributed by atoms with E-state index in [1.807, 2.05) is 6.92 Å². The van der Waals surface area contributed by atoms with E-state index in [1.165, 1.54) is 6.42 Å². The molecule has 3 heteroatoms. The Balaban J connectivity index is 2.40. The molecule has 1 saturated heterocycles. The third-order valence-corrected chi connectivity index (χ3v) is 3.90. The highest BCUT2D eigenvalue weighted by Gasteiger charge is 2.30. The van der Waals surface area contributed by atoms with Crippen LogP contribution in [0.15, 0.2) is 0 Å². The summed E-state index contributed by atoms with van der Waals surface area (Å²) in [6, 6.07) is 0.697. The predicted octanol–water partition coefficient (Wildman–Crippen LogP) is 1.56. The van der Waals surface area contributed by atoms with Gasteiger partial charge in [-0.1, -0.05) is 20.8 Å². The van der Waals surface area contributed by atoms with E-state index in [1.54, 1.807) is 0 Å². The van der Waals surface area contributed by atoms with Crippen molar-refractivity contribution < 1.29 is 5.11 Å². The number of nitrogens with zero attached hydrogens (tertiary/aromatic N) is 2. The van der Waals surface area contributed by atoms with Crippen LogP contribution in [0.2, 0.25) is 0 Å². The number of β-amino-alcohol motifs (C(OH)–C–C–N with tert-alkyl or cyclic N) is 1. The molecule has 0 aromatic rings. The summed E-state index contributed by atoms with van der Waals surface area (Å²) in [6.07, 6.45) is 2.08. The SMILES string of the molecule is CCN(CC)C1CCN(CC(C)(O)CC)C1. The van der Waals surface area contributed by atoms with E-state index < -0.39 is 5.60 Å².